The summed E-state index contributed by atoms with van der Waals surface area (Å²) in [6.07, 6.45) is 3.14. The molecule has 4 aromatic rings. The van der Waals surface area contributed by atoms with Crippen molar-refractivity contribution in [2.75, 3.05) is 4.90 Å². The zero-order chi connectivity index (χ0) is 22.6. The van der Waals surface area contributed by atoms with Crippen molar-refractivity contribution >= 4 is 38.8 Å². The molecule has 0 N–H and O–H groups in total. The number of nitrogens with zero attached hydrogens (tertiary/aromatic N) is 3. The second-order valence-corrected chi connectivity index (χ2v) is 9.73. The van der Waals surface area contributed by atoms with Crippen molar-refractivity contribution < 1.29 is 9.21 Å². The maximum atomic E-state index is 13.6. The fraction of sp³-hybridized carbons (Fsp3) is 0.200. The van der Waals surface area contributed by atoms with E-state index in [1.54, 1.807) is 36.7 Å². The summed E-state index contributed by atoms with van der Waals surface area (Å²) in [7, 11) is 0. The molecular formula is C25H20BrN3O3. The maximum absolute atomic E-state index is 13.6. The van der Waals surface area contributed by atoms with Crippen molar-refractivity contribution in [1.29, 1.82) is 0 Å². The van der Waals surface area contributed by atoms with Crippen LogP contribution < -0.4 is 10.3 Å². The number of carbonyl (C=O) groups is 1. The van der Waals surface area contributed by atoms with Crippen LogP contribution >= 0.6 is 15.9 Å². The molecule has 2 aromatic heterocycles. The van der Waals surface area contributed by atoms with Gasteiger partial charge >= 0.3 is 0 Å². The van der Waals surface area contributed by atoms with E-state index in [-0.39, 0.29) is 22.6 Å². The Labute approximate surface area is 193 Å². The van der Waals surface area contributed by atoms with Crippen molar-refractivity contribution in [3.05, 3.63) is 98.1 Å². The summed E-state index contributed by atoms with van der Waals surface area (Å²) in [5.41, 5.74) is 2.35. The van der Waals surface area contributed by atoms with Crippen LogP contribution in [0.5, 0.6) is 0 Å². The van der Waals surface area contributed by atoms with Crippen LogP contribution in [-0.2, 0) is 5.41 Å². The van der Waals surface area contributed by atoms with Crippen LogP contribution in [0.1, 0.15) is 54.1 Å². The highest BCUT2D eigenvalue weighted by atomic mass is 79.9. The normalized spacial score (nSPS) is 15.9. The molecule has 32 heavy (non-hydrogen) atoms. The van der Waals surface area contributed by atoms with Gasteiger partial charge in [-0.1, -0.05) is 61.0 Å². The lowest BCUT2D eigenvalue weighted by atomic mass is 9.86. The molecule has 1 aliphatic heterocycles. The van der Waals surface area contributed by atoms with E-state index in [0.717, 1.165) is 15.6 Å². The number of amides is 1. The molecule has 0 bridgehead atoms. The first-order chi connectivity index (χ1) is 15.3. The van der Waals surface area contributed by atoms with Crippen molar-refractivity contribution in [2.24, 2.45) is 0 Å². The number of hydrogen-bond acceptors (Lipinski definition) is 5. The third-order valence-corrected chi connectivity index (χ3v) is 6.19. The van der Waals surface area contributed by atoms with E-state index in [1.165, 1.54) is 4.90 Å². The van der Waals surface area contributed by atoms with Gasteiger partial charge in [0.05, 0.1) is 17.0 Å². The summed E-state index contributed by atoms with van der Waals surface area (Å²) < 4.78 is 6.73. The largest absolute Gasteiger partial charge is 0.450 e. The quantitative estimate of drug-likeness (QED) is 0.377. The average Bonchev–Trinajstić information content (AvgIpc) is 3.07. The van der Waals surface area contributed by atoms with E-state index >= 15 is 0 Å². The summed E-state index contributed by atoms with van der Waals surface area (Å²) in [5.74, 6) is -0.182. The molecule has 7 heteroatoms. The van der Waals surface area contributed by atoms with Gasteiger partial charge in [-0.2, -0.15) is 0 Å². The molecule has 0 saturated carbocycles. The summed E-state index contributed by atoms with van der Waals surface area (Å²) >= 11 is 3.42. The fourth-order valence-corrected chi connectivity index (χ4v) is 4.41. The molecule has 2 aromatic carbocycles. The Balaban J connectivity index is 1.77. The Morgan fingerprint density at radius 3 is 2.34 bits per heavy atom. The first-order valence-corrected chi connectivity index (χ1v) is 11.0. The van der Waals surface area contributed by atoms with E-state index in [1.807, 2.05) is 24.3 Å². The minimum Gasteiger partial charge on any atom is -0.450 e. The predicted octanol–water partition coefficient (Wildman–Crippen LogP) is 5.39. The Morgan fingerprint density at radius 1 is 1.00 bits per heavy atom. The van der Waals surface area contributed by atoms with Crippen LogP contribution in [0, 0.1) is 0 Å². The second-order valence-electron chi connectivity index (χ2n) is 8.81. The van der Waals surface area contributed by atoms with Gasteiger partial charge in [0.2, 0.25) is 11.7 Å². The van der Waals surface area contributed by atoms with Crippen LogP contribution in [0.2, 0.25) is 0 Å². The molecule has 1 amide bonds. The van der Waals surface area contributed by atoms with Crippen molar-refractivity contribution in [3.63, 3.8) is 0 Å². The number of fused-ring (bicyclic) bond motifs is 2. The molecule has 3 heterocycles. The average molecular weight is 490 g/mol. The van der Waals surface area contributed by atoms with Gasteiger partial charge < -0.3 is 4.42 Å². The van der Waals surface area contributed by atoms with Crippen molar-refractivity contribution in [3.8, 4) is 0 Å². The van der Waals surface area contributed by atoms with Gasteiger partial charge in [-0.25, -0.2) is 9.97 Å². The van der Waals surface area contributed by atoms with Crippen molar-refractivity contribution in [1.82, 2.24) is 9.97 Å². The lowest BCUT2D eigenvalue weighted by molar-refractivity contribution is 0.0969. The summed E-state index contributed by atoms with van der Waals surface area (Å²) in [4.78, 5) is 37.1. The molecule has 5 rings (SSSR count). The Hall–Kier alpha value is -3.32. The smallest absolute Gasteiger partial charge is 0.297 e. The molecule has 0 fully saturated rings. The SMILES string of the molecule is CC(C)(C)c1ccc(C2c3c(oc4ccc(Br)cc4c3=O)C(=O)N2c2ncccn2)cc1. The van der Waals surface area contributed by atoms with E-state index in [9.17, 15) is 9.59 Å². The van der Waals surface area contributed by atoms with Crippen LogP contribution in [0.4, 0.5) is 5.95 Å². The molecule has 0 radical (unpaired) electrons. The number of hydrogen-bond donors (Lipinski definition) is 0. The van der Waals surface area contributed by atoms with Crippen molar-refractivity contribution in [2.45, 2.75) is 32.2 Å². The minimum absolute atomic E-state index is 0.0222. The number of aromatic nitrogens is 2. The lowest BCUT2D eigenvalue weighted by Crippen LogP contribution is -2.31. The second kappa shape index (κ2) is 7.38. The highest BCUT2D eigenvalue weighted by Crippen LogP contribution is 2.40. The van der Waals surface area contributed by atoms with Crippen LogP contribution in [0.25, 0.3) is 11.0 Å². The minimum atomic E-state index is -0.687. The molecule has 0 spiro atoms. The zero-order valence-corrected chi connectivity index (χ0v) is 19.4. The fourth-order valence-electron chi connectivity index (χ4n) is 4.05. The monoisotopic (exact) mass is 489 g/mol. The van der Waals surface area contributed by atoms with Gasteiger partial charge in [0.1, 0.15) is 5.58 Å². The van der Waals surface area contributed by atoms with Crippen LogP contribution in [-0.4, -0.2) is 15.9 Å². The Morgan fingerprint density at radius 2 is 1.69 bits per heavy atom. The first-order valence-electron chi connectivity index (χ1n) is 10.2. The highest BCUT2D eigenvalue weighted by molar-refractivity contribution is 9.10. The molecule has 1 atom stereocenters. The Kier molecular flexibility index (Phi) is 4.74. The van der Waals surface area contributed by atoms with Gasteiger partial charge in [0.25, 0.3) is 5.91 Å². The molecule has 0 aliphatic carbocycles. The maximum Gasteiger partial charge on any atom is 0.297 e. The number of rotatable bonds is 2. The number of carbonyl (C=O) groups excluding carboxylic acids is 1. The standard InChI is InChI=1S/C25H20BrN3O3/c1-25(2,3)15-7-5-14(6-8-15)20-19-21(30)17-13-16(26)9-10-18(17)32-22(19)23(31)29(20)24-27-11-4-12-28-24/h4-13,20H,1-3H3. The molecule has 0 saturated heterocycles. The number of benzene rings is 2. The third-order valence-electron chi connectivity index (χ3n) is 5.69. The van der Waals surface area contributed by atoms with Gasteiger partial charge in [-0.15, -0.1) is 0 Å². The Bertz CT molecular complexity index is 1410. The predicted molar refractivity (Wildman–Crippen MR) is 126 cm³/mol. The number of halogens is 1. The van der Waals surface area contributed by atoms with E-state index in [0.29, 0.717) is 16.5 Å². The van der Waals surface area contributed by atoms with Crippen LogP contribution in [0.3, 0.4) is 0 Å². The van der Waals surface area contributed by atoms with Gasteiger partial charge in [-0.05, 0) is 40.8 Å². The molecule has 160 valence electrons. The lowest BCUT2D eigenvalue weighted by Gasteiger charge is -2.24. The summed E-state index contributed by atoms with van der Waals surface area (Å²) in [6.45, 7) is 6.41. The van der Waals surface area contributed by atoms with E-state index in [4.69, 9.17) is 4.42 Å². The first kappa shape index (κ1) is 20.6. The highest BCUT2D eigenvalue weighted by Gasteiger charge is 2.45. The van der Waals surface area contributed by atoms with Gasteiger partial charge in [0.15, 0.2) is 5.43 Å². The number of anilines is 1. The van der Waals surface area contributed by atoms with Gasteiger partial charge in [-0.3, -0.25) is 14.5 Å². The molecule has 1 aliphatic rings. The molecular weight excluding hydrogens is 470 g/mol. The third kappa shape index (κ3) is 3.24. The zero-order valence-electron chi connectivity index (χ0n) is 17.8. The topological polar surface area (TPSA) is 76.3 Å². The molecule has 6 nitrogen and oxygen atoms in total. The summed E-state index contributed by atoms with van der Waals surface area (Å²) in [6, 6.07) is 14.1. The van der Waals surface area contributed by atoms with Crippen LogP contribution in [0.15, 0.2) is 74.6 Å². The van der Waals surface area contributed by atoms with Gasteiger partial charge in [0, 0.05) is 16.9 Å². The summed E-state index contributed by atoms with van der Waals surface area (Å²) in [5, 5.41) is 0.415. The van der Waals surface area contributed by atoms with E-state index in [2.05, 4.69) is 46.7 Å². The van der Waals surface area contributed by atoms with E-state index < -0.39 is 11.9 Å². The molecule has 1 unspecified atom stereocenters.